The van der Waals surface area contributed by atoms with Crippen LogP contribution >= 0.6 is 27.7 Å². The van der Waals surface area contributed by atoms with E-state index < -0.39 is 9.84 Å². The SMILES string of the molecule is Cn1c(C[C@H]2CCS(=O)(=O)C2)nnc1SCc1ccc(Br)cc1. The molecule has 1 aromatic heterocycles. The van der Waals surface area contributed by atoms with Gasteiger partial charge in [-0.2, -0.15) is 0 Å². The number of halogens is 1. The highest BCUT2D eigenvalue weighted by atomic mass is 79.9. The summed E-state index contributed by atoms with van der Waals surface area (Å²) in [7, 11) is -0.891. The second kappa shape index (κ2) is 6.94. The van der Waals surface area contributed by atoms with Gasteiger partial charge in [0, 0.05) is 23.7 Å². The molecule has 1 aliphatic heterocycles. The van der Waals surface area contributed by atoms with Crippen molar-refractivity contribution in [3.63, 3.8) is 0 Å². The molecule has 1 aliphatic rings. The summed E-state index contributed by atoms with van der Waals surface area (Å²) >= 11 is 5.07. The van der Waals surface area contributed by atoms with E-state index in [1.54, 1.807) is 11.8 Å². The lowest BCUT2D eigenvalue weighted by Gasteiger charge is -2.07. The maximum absolute atomic E-state index is 11.6. The molecular weight excluding hydrogens is 398 g/mol. The number of rotatable bonds is 5. The molecule has 3 rings (SSSR count). The Morgan fingerprint density at radius 3 is 2.70 bits per heavy atom. The van der Waals surface area contributed by atoms with Gasteiger partial charge in [0.25, 0.3) is 0 Å². The van der Waals surface area contributed by atoms with Crippen LogP contribution in [0.1, 0.15) is 17.8 Å². The molecule has 124 valence electrons. The predicted molar refractivity (Wildman–Crippen MR) is 95.2 cm³/mol. The van der Waals surface area contributed by atoms with E-state index in [-0.39, 0.29) is 11.7 Å². The highest BCUT2D eigenvalue weighted by molar-refractivity contribution is 9.10. The average Bonchev–Trinajstić information content (AvgIpc) is 3.02. The summed E-state index contributed by atoms with van der Waals surface area (Å²) in [6.45, 7) is 0. The number of benzene rings is 1. The topological polar surface area (TPSA) is 64.8 Å². The second-order valence-corrected chi connectivity index (χ2v) is 9.93. The van der Waals surface area contributed by atoms with Gasteiger partial charge in [0.05, 0.1) is 11.5 Å². The van der Waals surface area contributed by atoms with Crippen LogP contribution in [0.2, 0.25) is 0 Å². The summed E-state index contributed by atoms with van der Waals surface area (Å²) in [6.07, 6.45) is 1.41. The zero-order valence-electron chi connectivity index (χ0n) is 12.8. The van der Waals surface area contributed by atoms with Crippen LogP contribution in [0.5, 0.6) is 0 Å². The third-order valence-electron chi connectivity index (χ3n) is 4.00. The third kappa shape index (κ3) is 4.36. The largest absolute Gasteiger partial charge is 0.309 e. The van der Waals surface area contributed by atoms with Gasteiger partial charge in [0.1, 0.15) is 5.82 Å². The maximum Gasteiger partial charge on any atom is 0.191 e. The van der Waals surface area contributed by atoms with Gasteiger partial charge in [0.15, 0.2) is 15.0 Å². The van der Waals surface area contributed by atoms with E-state index in [4.69, 9.17) is 0 Å². The first-order chi connectivity index (χ1) is 10.9. The molecule has 0 bridgehead atoms. The average molecular weight is 416 g/mol. The molecule has 2 heterocycles. The van der Waals surface area contributed by atoms with Gasteiger partial charge in [-0.05, 0) is 30.0 Å². The number of hydrogen-bond donors (Lipinski definition) is 0. The van der Waals surface area contributed by atoms with Crippen LogP contribution in [-0.2, 0) is 29.1 Å². The molecule has 0 amide bonds. The van der Waals surface area contributed by atoms with Crippen molar-refractivity contribution in [2.45, 2.75) is 23.8 Å². The molecular formula is C15H18BrN3O2S2. The summed E-state index contributed by atoms with van der Waals surface area (Å²) in [4.78, 5) is 0. The van der Waals surface area contributed by atoms with Crippen molar-refractivity contribution in [2.24, 2.45) is 13.0 Å². The molecule has 1 fully saturated rings. The molecule has 0 saturated carbocycles. The van der Waals surface area contributed by atoms with Crippen LogP contribution in [0, 0.1) is 5.92 Å². The first-order valence-electron chi connectivity index (χ1n) is 7.39. The number of nitrogens with zero attached hydrogens (tertiary/aromatic N) is 3. The summed E-state index contributed by atoms with van der Waals surface area (Å²) in [5.41, 5.74) is 1.23. The van der Waals surface area contributed by atoms with Gasteiger partial charge in [-0.3, -0.25) is 0 Å². The minimum absolute atomic E-state index is 0.173. The van der Waals surface area contributed by atoms with E-state index in [2.05, 4.69) is 38.3 Å². The molecule has 0 spiro atoms. The first kappa shape index (κ1) is 17.0. The lowest BCUT2D eigenvalue weighted by atomic mass is 10.1. The molecule has 1 atom stereocenters. The molecule has 1 aromatic carbocycles. The first-order valence-corrected chi connectivity index (χ1v) is 11.0. The molecule has 0 radical (unpaired) electrons. The predicted octanol–water partition coefficient (Wildman–Crippen LogP) is 2.85. The van der Waals surface area contributed by atoms with Crippen molar-refractivity contribution in [1.29, 1.82) is 0 Å². The Labute approximate surface area is 148 Å². The Hall–Kier alpha value is -0.860. The van der Waals surface area contributed by atoms with E-state index in [0.717, 1.165) is 27.6 Å². The van der Waals surface area contributed by atoms with Gasteiger partial charge in [-0.15, -0.1) is 10.2 Å². The zero-order chi connectivity index (χ0) is 16.4. The van der Waals surface area contributed by atoms with Crippen LogP contribution in [0.3, 0.4) is 0 Å². The molecule has 1 saturated heterocycles. The molecule has 0 unspecified atom stereocenters. The Balaban J connectivity index is 1.61. The monoisotopic (exact) mass is 415 g/mol. The summed E-state index contributed by atoms with van der Waals surface area (Å²) < 4.78 is 26.2. The van der Waals surface area contributed by atoms with E-state index in [1.807, 2.05) is 23.7 Å². The minimum atomic E-state index is -2.84. The normalized spacial score (nSPS) is 20.0. The fourth-order valence-electron chi connectivity index (χ4n) is 2.67. The lowest BCUT2D eigenvalue weighted by molar-refractivity contribution is 0.552. The highest BCUT2D eigenvalue weighted by Gasteiger charge is 2.29. The molecule has 2 aromatic rings. The highest BCUT2D eigenvalue weighted by Crippen LogP contribution is 2.25. The van der Waals surface area contributed by atoms with Crippen LogP contribution in [0.25, 0.3) is 0 Å². The fourth-order valence-corrected chi connectivity index (χ4v) is 5.68. The Kier molecular flexibility index (Phi) is 5.13. The van der Waals surface area contributed by atoms with Crippen molar-refractivity contribution >= 4 is 37.5 Å². The number of aromatic nitrogens is 3. The standard InChI is InChI=1S/C15H18BrN3O2S2/c1-19-14(8-12-6-7-23(20,21)10-12)17-18-15(19)22-9-11-2-4-13(16)5-3-11/h2-5,12H,6-10H2,1H3/t12-/m1/s1. The maximum atomic E-state index is 11.6. The van der Waals surface area contributed by atoms with Crippen LogP contribution in [0.4, 0.5) is 0 Å². The van der Waals surface area contributed by atoms with Gasteiger partial charge in [-0.25, -0.2) is 8.42 Å². The Morgan fingerprint density at radius 1 is 1.30 bits per heavy atom. The molecule has 8 heteroatoms. The van der Waals surface area contributed by atoms with Crippen molar-refractivity contribution in [3.05, 3.63) is 40.1 Å². The molecule has 0 aliphatic carbocycles. The van der Waals surface area contributed by atoms with E-state index in [9.17, 15) is 8.42 Å². The van der Waals surface area contributed by atoms with Crippen LogP contribution < -0.4 is 0 Å². The minimum Gasteiger partial charge on any atom is -0.309 e. The van der Waals surface area contributed by atoms with Gasteiger partial charge < -0.3 is 4.57 Å². The smallest absolute Gasteiger partial charge is 0.191 e. The zero-order valence-corrected chi connectivity index (χ0v) is 16.0. The van der Waals surface area contributed by atoms with Crippen molar-refractivity contribution < 1.29 is 8.42 Å². The molecule has 0 N–H and O–H groups in total. The quantitative estimate of drug-likeness (QED) is 0.702. The van der Waals surface area contributed by atoms with Crippen molar-refractivity contribution in [1.82, 2.24) is 14.8 Å². The second-order valence-electron chi connectivity index (χ2n) is 5.85. The van der Waals surface area contributed by atoms with Crippen molar-refractivity contribution in [3.8, 4) is 0 Å². The Bertz CT molecular complexity index is 788. The summed E-state index contributed by atoms with van der Waals surface area (Å²) in [5, 5.41) is 9.35. The van der Waals surface area contributed by atoms with Gasteiger partial charge in [0.2, 0.25) is 0 Å². The Morgan fingerprint density at radius 2 is 2.04 bits per heavy atom. The number of hydrogen-bond acceptors (Lipinski definition) is 5. The lowest BCUT2D eigenvalue weighted by Crippen LogP contribution is -2.11. The number of sulfone groups is 1. The van der Waals surface area contributed by atoms with Crippen LogP contribution in [-0.4, -0.2) is 34.7 Å². The summed E-state index contributed by atoms with van der Waals surface area (Å²) in [5.74, 6) is 2.46. The fraction of sp³-hybridized carbons (Fsp3) is 0.467. The van der Waals surface area contributed by atoms with E-state index in [0.29, 0.717) is 12.2 Å². The van der Waals surface area contributed by atoms with E-state index >= 15 is 0 Å². The third-order valence-corrected chi connectivity index (χ3v) is 7.46. The van der Waals surface area contributed by atoms with E-state index in [1.165, 1.54) is 5.56 Å². The molecule has 23 heavy (non-hydrogen) atoms. The molecule has 5 nitrogen and oxygen atoms in total. The number of thioether (sulfide) groups is 1. The van der Waals surface area contributed by atoms with Gasteiger partial charge in [-0.1, -0.05) is 39.8 Å². The van der Waals surface area contributed by atoms with Crippen molar-refractivity contribution in [2.75, 3.05) is 11.5 Å². The van der Waals surface area contributed by atoms with Crippen LogP contribution in [0.15, 0.2) is 33.9 Å². The van der Waals surface area contributed by atoms with Gasteiger partial charge >= 0.3 is 0 Å². The summed E-state index contributed by atoms with van der Waals surface area (Å²) in [6, 6.07) is 8.21.